The van der Waals surface area contributed by atoms with Gasteiger partial charge in [0, 0.05) is 6.42 Å². The number of oxime groups is 1. The van der Waals surface area contributed by atoms with Crippen LogP contribution in [0, 0.1) is 5.92 Å². The molecule has 1 N–H and O–H groups in total. The molecule has 6 heteroatoms. The molecule has 1 fully saturated rings. The van der Waals surface area contributed by atoms with Gasteiger partial charge in [0.15, 0.2) is 11.3 Å². The van der Waals surface area contributed by atoms with E-state index in [0.29, 0.717) is 19.4 Å². The van der Waals surface area contributed by atoms with Crippen LogP contribution in [0.4, 0.5) is 0 Å². The molecule has 1 aromatic carbocycles. The highest BCUT2D eigenvalue weighted by molar-refractivity contribution is 6.37. The van der Waals surface area contributed by atoms with Gasteiger partial charge >= 0.3 is 5.97 Å². The van der Waals surface area contributed by atoms with Crippen LogP contribution >= 0.6 is 0 Å². The first-order valence-electron chi connectivity index (χ1n) is 7.87. The number of carbonyl (C=O) groups is 1. The van der Waals surface area contributed by atoms with Gasteiger partial charge in [0.2, 0.25) is 0 Å². The van der Waals surface area contributed by atoms with Crippen molar-refractivity contribution in [2.75, 3.05) is 13.2 Å². The summed E-state index contributed by atoms with van der Waals surface area (Å²) in [5.41, 5.74) is 0.547. The number of aliphatic hydroxyl groups excluding tert-OH is 1. The lowest BCUT2D eigenvalue weighted by molar-refractivity contribution is -0.135. The Bertz CT molecular complexity index is 588. The summed E-state index contributed by atoms with van der Waals surface area (Å²) in [7, 11) is 0. The standard InChI is InChI=1S/C17H21NO5/c1-2-22-16(20)15-14-8-13(19)9-17(14,23-18-15)11-21-10-12-6-4-3-5-7-12/h3-7,13-14,19H,2,8-11H2,1H3. The van der Waals surface area contributed by atoms with Crippen LogP contribution in [0.2, 0.25) is 0 Å². The van der Waals surface area contributed by atoms with Gasteiger partial charge in [-0.25, -0.2) is 4.79 Å². The fraction of sp³-hybridized carbons (Fsp3) is 0.529. The van der Waals surface area contributed by atoms with E-state index in [2.05, 4.69) is 5.16 Å². The second-order valence-electron chi connectivity index (χ2n) is 5.98. The van der Waals surface area contributed by atoms with Crippen molar-refractivity contribution in [3.63, 3.8) is 0 Å². The van der Waals surface area contributed by atoms with E-state index in [1.165, 1.54) is 0 Å². The maximum absolute atomic E-state index is 12.0. The molecule has 0 amide bonds. The molecule has 1 aromatic rings. The largest absolute Gasteiger partial charge is 0.461 e. The SMILES string of the molecule is CCOC(=O)C1=NOC2(COCc3ccccc3)CC(O)CC12. The Labute approximate surface area is 135 Å². The smallest absolute Gasteiger partial charge is 0.356 e. The maximum Gasteiger partial charge on any atom is 0.356 e. The molecule has 124 valence electrons. The summed E-state index contributed by atoms with van der Waals surface area (Å²) < 4.78 is 10.8. The summed E-state index contributed by atoms with van der Waals surface area (Å²) in [4.78, 5) is 17.5. The molecule has 0 bridgehead atoms. The van der Waals surface area contributed by atoms with Gasteiger partial charge in [-0.3, -0.25) is 0 Å². The Morgan fingerprint density at radius 3 is 2.96 bits per heavy atom. The van der Waals surface area contributed by atoms with Crippen LogP contribution in [-0.4, -0.2) is 41.7 Å². The molecule has 0 radical (unpaired) electrons. The fourth-order valence-corrected chi connectivity index (χ4v) is 3.26. The van der Waals surface area contributed by atoms with Gasteiger partial charge in [-0.15, -0.1) is 0 Å². The molecule has 23 heavy (non-hydrogen) atoms. The Hall–Kier alpha value is -1.92. The number of nitrogens with zero attached hydrogens (tertiary/aromatic N) is 1. The van der Waals surface area contributed by atoms with Crippen molar-refractivity contribution >= 4 is 11.7 Å². The average Bonchev–Trinajstić information content (AvgIpc) is 3.02. The van der Waals surface area contributed by atoms with E-state index in [9.17, 15) is 9.90 Å². The van der Waals surface area contributed by atoms with Gasteiger partial charge in [0.1, 0.15) is 0 Å². The van der Waals surface area contributed by atoms with E-state index in [0.717, 1.165) is 5.56 Å². The predicted molar refractivity (Wildman–Crippen MR) is 82.7 cm³/mol. The third kappa shape index (κ3) is 3.23. The molecule has 3 unspecified atom stereocenters. The minimum atomic E-state index is -0.768. The minimum Gasteiger partial charge on any atom is -0.461 e. The lowest BCUT2D eigenvalue weighted by Crippen LogP contribution is -2.41. The van der Waals surface area contributed by atoms with Gasteiger partial charge in [-0.1, -0.05) is 35.5 Å². The zero-order valence-corrected chi connectivity index (χ0v) is 13.1. The Balaban J connectivity index is 1.64. The quantitative estimate of drug-likeness (QED) is 0.807. The summed E-state index contributed by atoms with van der Waals surface area (Å²) in [5, 5.41) is 13.9. The second kappa shape index (κ2) is 6.68. The van der Waals surface area contributed by atoms with E-state index in [1.807, 2.05) is 30.3 Å². The molecule has 2 aliphatic rings. The normalized spacial score (nSPS) is 28.9. The number of ether oxygens (including phenoxy) is 2. The lowest BCUT2D eigenvalue weighted by atomic mass is 9.88. The fourth-order valence-electron chi connectivity index (χ4n) is 3.26. The predicted octanol–water partition coefficient (Wildman–Crippen LogP) is 1.66. The number of rotatable bonds is 6. The summed E-state index contributed by atoms with van der Waals surface area (Å²) in [6.45, 7) is 2.75. The average molecular weight is 319 g/mol. The Morgan fingerprint density at radius 2 is 2.22 bits per heavy atom. The van der Waals surface area contributed by atoms with Crippen molar-refractivity contribution in [2.24, 2.45) is 11.1 Å². The minimum absolute atomic E-state index is 0.256. The van der Waals surface area contributed by atoms with Crippen molar-refractivity contribution < 1.29 is 24.2 Å². The van der Waals surface area contributed by atoms with E-state index >= 15 is 0 Å². The van der Waals surface area contributed by atoms with Gasteiger partial charge in [-0.2, -0.15) is 0 Å². The summed E-state index contributed by atoms with van der Waals surface area (Å²) in [5.74, 6) is -0.760. The zero-order chi connectivity index (χ0) is 16.3. The van der Waals surface area contributed by atoms with Crippen molar-refractivity contribution in [3.8, 4) is 0 Å². The van der Waals surface area contributed by atoms with Crippen LogP contribution in [0.1, 0.15) is 25.3 Å². The number of aliphatic hydroxyl groups is 1. The van der Waals surface area contributed by atoms with Crippen LogP contribution in [-0.2, 0) is 25.7 Å². The lowest BCUT2D eigenvalue weighted by Gasteiger charge is -2.26. The zero-order valence-electron chi connectivity index (χ0n) is 13.1. The molecular formula is C17H21NO5. The van der Waals surface area contributed by atoms with Crippen molar-refractivity contribution in [2.45, 2.75) is 38.1 Å². The van der Waals surface area contributed by atoms with Gasteiger partial charge < -0.3 is 19.4 Å². The van der Waals surface area contributed by atoms with E-state index < -0.39 is 17.7 Å². The molecule has 6 nitrogen and oxygen atoms in total. The number of hydrogen-bond acceptors (Lipinski definition) is 6. The summed E-state index contributed by atoms with van der Waals surface area (Å²) >= 11 is 0. The second-order valence-corrected chi connectivity index (χ2v) is 5.98. The highest BCUT2D eigenvalue weighted by Gasteiger charge is 2.57. The third-order valence-corrected chi connectivity index (χ3v) is 4.32. The van der Waals surface area contributed by atoms with Crippen LogP contribution in [0.25, 0.3) is 0 Å². The highest BCUT2D eigenvalue weighted by Crippen LogP contribution is 2.44. The van der Waals surface area contributed by atoms with Gasteiger partial charge in [0.05, 0.1) is 31.8 Å². The van der Waals surface area contributed by atoms with E-state index in [1.54, 1.807) is 6.92 Å². The molecule has 1 heterocycles. The van der Waals surface area contributed by atoms with Crippen LogP contribution in [0.15, 0.2) is 35.5 Å². The first-order chi connectivity index (χ1) is 11.1. The van der Waals surface area contributed by atoms with Crippen molar-refractivity contribution in [1.29, 1.82) is 0 Å². The topological polar surface area (TPSA) is 77.4 Å². The molecule has 0 aromatic heterocycles. The monoisotopic (exact) mass is 319 g/mol. The number of benzene rings is 1. The maximum atomic E-state index is 12.0. The number of esters is 1. The van der Waals surface area contributed by atoms with Gasteiger partial charge in [0.25, 0.3) is 0 Å². The molecule has 1 aliphatic carbocycles. The number of hydrogen-bond donors (Lipinski definition) is 1. The molecule has 3 atom stereocenters. The van der Waals surface area contributed by atoms with Crippen molar-refractivity contribution in [3.05, 3.63) is 35.9 Å². The van der Waals surface area contributed by atoms with Crippen LogP contribution in [0.3, 0.4) is 0 Å². The van der Waals surface area contributed by atoms with Gasteiger partial charge in [-0.05, 0) is 18.9 Å². The Kier molecular flexibility index (Phi) is 4.63. The molecule has 3 rings (SSSR count). The van der Waals surface area contributed by atoms with Crippen LogP contribution < -0.4 is 0 Å². The Morgan fingerprint density at radius 1 is 1.43 bits per heavy atom. The highest BCUT2D eigenvalue weighted by atomic mass is 16.7. The molecule has 1 saturated carbocycles. The first-order valence-corrected chi connectivity index (χ1v) is 7.87. The third-order valence-electron chi connectivity index (χ3n) is 4.32. The molecule has 0 spiro atoms. The first kappa shape index (κ1) is 16.0. The van der Waals surface area contributed by atoms with Crippen molar-refractivity contribution in [1.82, 2.24) is 0 Å². The molecule has 0 saturated heterocycles. The summed E-state index contributed by atoms with van der Waals surface area (Å²) in [6, 6.07) is 9.81. The molecular weight excluding hydrogens is 298 g/mol. The summed E-state index contributed by atoms with van der Waals surface area (Å²) in [6.07, 6.45) is 0.311. The van der Waals surface area contributed by atoms with Crippen LogP contribution in [0.5, 0.6) is 0 Å². The molecule has 1 aliphatic heterocycles. The number of fused-ring (bicyclic) bond motifs is 1. The van der Waals surface area contributed by atoms with E-state index in [-0.39, 0.29) is 24.8 Å². The van der Waals surface area contributed by atoms with E-state index in [4.69, 9.17) is 14.3 Å². The number of carbonyl (C=O) groups excluding carboxylic acids is 1.